The van der Waals surface area contributed by atoms with Gasteiger partial charge in [-0.2, -0.15) is 0 Å². The Morgan fingerprint density at radius 3 is 2.11 bits per heavy atom. The minimum absolute atomic E-state index is 0.0378. The highest BCUT2D eigenvalue weighted by Crippen LogP contribution is 2.71. The molecular formula is C36H54O8. The predicted octanol–water partition coefficient (Wildman–Crippen LogP) is 6.13. The molecule has 8 heteroatoms. The normalized spacial score (nSPS) is 43.8. The molecule has 0 aromatic heterocycles. The lowest BCUT2D eigenvalue weighted by molar-refractivity contribution is -0.183. The fourth-order valence-electron chi connectivity index (χ4n) is 10.8. The third kappa shape index (κ3) is 4.65. The molecule has 7 aliphatic rings. The average Bonchev–Trinajstić information content (AvgIpc) is 3.85. The van der Waals surface area contributed by atoms with Crippen molar-refractivity contribution >= 4 is 23.9 Å². The largest absolute Gasteiger partial charge is 0.469 e. The number of carbonyl (C=O) groups is 4. The van der Waals surface area contributed by atoms with Crippen molar-refractivity contribution in [3.05, 3.63) is 0 Å². The molecule has 13 unspecified atom stereocenters. The Hall–Kier alpha value is -2.12. The van der Waals surface area contributed by atoms with Gasteiger partial charge in [0.2, 0.25) is 0 Å². The third-order valence-electron chi connectivity index (χ3n) is 13.9. The van der Waals surface area contributed by atoms with E-state index < -0.39 is 35.4 Å². The van der Waals surface area contributed by atoms with Gasteiger partial charge in [0.05, 0.1) is 29.8 Å². The molecule has 6 bridgehead atoms. The van der Waals surface area contributed by atoms with Gasteiger partial charge in [0.15, 0.2) is 0 Å². The maximum atomic E-state index is 12.7. The molecule has 6 aliphatic carbocycles. The van der Waals surface area contributed by atoms with Gasteiger partial charge in [-0.3, -0.25) is 19.2 Å². The van der Waals surface area contributed by atoms with Gasteiger partial charge in [-0.05, 0) is 115 Å². The summed E-state index contributed by atoms with van der Waals surface area (Å²) in [7, 11) is 1.31. The number of carbonyl (C=O) groups excluding carboxylic acids is 4. The summed E-state index contributed by atoms with van der Waals surface area (Å²) >= 11 is 0. The van der Waals surface area contributed by atoms with Crippen LogP contribution in [0.25, 0.3) is 0 Å². The fourth-order valence-corrected chi connectivity index (χ4v) is 10.8. The van der Waals surface area contributed by atoms with Crippen molar-refractivity contribution in [1.82, 2.24) is 0 Å². The molecule has 246 valence electrons. The van der Waals surface area contributed by atoms with Crippen LogP contribution < -0.4 is 0 Å². The Morgan fingerprint density at radius 1 is 0.864 bits per heavy atom. The van der Waals surface area contributed by atoms with E-state index in [2.05, 4.69) is 13.8 Å². The SMILES string of the molecule is CCC(C)(C)C(=O)OC1(CC)CC2CC1C1C3CCC(C3)C21.CCC(C)(C)C(=O)OC1C2CC3C1OC(=O)C3C2C(=O)OC. The zero-order valence-electron chi connectivity index (χ0n) is 28.1. The van der Waals surface area contributed by atoms with Gasteiger partial charge in [0, 0.05) is 17.8 Å². The van der Waals surface area contributed by atoms with E-state index >= 15 is 0 Å². The summed E-state index contributed by atoms with van der Waals surface area (Å²) in [5, 5.41) is 0. The first kappa shape index (κ1) is 31.8. The van der Waals surface area contributed by atoms with Crippen LogP contribution in [0.15, 0.2) is 0 Å². The maximum absolute atomic E-state index is 12.7. The van der Waals surface area contributed by atoms with Gasteiger partial charge < -0.3 is 18.9 Å². The summed E-state index contributed by atoms with van der Waals surface area (Å²) in [6.07, 6.45) is 9.18. The standard InChI is InChI=1S/C20H32O2.C16H22O6/c1-5-19(3,4)18(21)22-20(6-2)11-14-10-15(20)17-13-8-7-12(9-13)16(14)17;1-5-16(2,3)15(19)22-12-7-6-8-10(9(7)13(17)20-4)14(18)21-11(8)12/h12-17H,5-11H2,1-4H3;7-12H,5-6H2,1-4H3. The monoisotopic (exact) mass is 614 g/mol. The smallest absolute Gasteiger partial charge is 0.312 e. The molecule has 13 atom stereocenters. The van der Waals surface area contributed by atoms with Gasteiger partial charge in [-0.15, -0.1) is 0 Å². The number of ether oxygens (including phenoxy) is 4. The molecule has 0 aromatic carbocycles. The molecular weight excluding hydrogens is 560 g/mol. The van der Waals surface area contributed by atoms with E-state index in [9.17, 15) is 19.2 Å². The van der Waals surface area contributed by atoms with E-state index in [1.165, 1.54) is 32.8 Å². The van der Waals surface area contributed by atoms with E-state index in [1.54, 1.807) is 0 Å². The van der Waals surface area contributed by atoms with Crippen LogP contribution in [0.1, 0.15) is 106 Å². The van der Waals surface area contributed by atoms with Gasteiger partial charge in [-0.25, -0.2) is 0 Å². The van der Waals surface area contributed by atoms with Crippen LogP contribution in [-0.4, -0.2) is 48.8 Å². The van der Waals surface area contributed by atoms with Gasteiger partial charge in [0.25, 0.3) is 0 Å². The topological polar surface area (TPSA) is 105 Å². The Morgan fingerprint density at radius 2 is 1.50 bits per heavy atom. The molecule has 8 nitrogen and oxygen atoms in total. The molecule has 6 saturated carbocycles. The summed E-state index contributed by atoms with van der Waals surface area (Å²) < 4.78 is 22.2. The van der Waals surface area contributed by atoms with Crippen molar-refractivity contribution in [3.8, 4) is 0 Å². The van der Waals surface area contributed by atoms with E-state index in [-0.39, 0.29) is 40.8 Å². The summed E-state index contributed by atoms with van der Waals surface area (Å²) in [6, 6.07) is 0. The Kier molecular flexibility index (Phi) is 7.96. The number of fused-ring (bicyclic) bond motifs is 10. The maximum Gasteiger partial charge on any atom is 0.312 e. The molecule has 7 rings (SSSR count). The van der Waals surface area contributed by atoms with Crippen molar-refractivity contribution in [2.24, 2.45) is 70.0 Å². The van der Waals surface area contributed by atoms with Crippen LogP contribution in [0, 0.1) is 70.0 Å². The van der Waals surface area contributed by atoms with Crippen molar-refractivity contribution in [1.29, 1.82) is 0 Å². The number of methoxy groups -OCH3 is 1. The average molecular weight is 615 g/mol. The second kappa shape index (κ2) is 11.0. The van der Waals surface area contributed by atoms with Crippen LogP contribution in [-0.2, 0) is 38.1 Å². The number of hydrogen-bond donors (Lipinski definition) is 0. The minimum Gasteiger partial charge on any atom is -0.469 e. The summed E-state index contributed by atoms with van der Waals surface area (Å²) in [5.41, 5.74) is -1.05. The van der Waals surface area contributed by atoms with Crippen LogP contribution in [0.4, 0.5) is 0 Å². The Balaban J connectivity index is 0.000000156. The molecule has 0 amide bonds. The Labute approximate surface area is 263 Å². The third-order valence-corrected chi connectivity index (χ3v) is 13.9. The highest BCUT2D eigenvalue weighted by Gasteiger charge is 2.70. The van der Waals surface area contributed by atoms with Gasteiger partial charge in [0.1, 0.15) is 17.8 Å². The first-order valence-electron chi connectivity index (χ1n) is 17.5. The minimum atomic E-state index is -0.593. The zero-order valence-corrected chi connectivity index (χ0v) is 28.1. The highest BCUT2D eigenvalue weighted by molar-refractivity contribution is 5.86. The molecule has 44 heavy (non-hydrogen) atoms. The van der Waals surface area contributed by atoms with Crippen LogP contribution in [0.2, 0.25) is 0 Å². The number of esters is 4. The van der Waals surface area contributed by atoms with Crippen molar-refractivity contribution in [2.75, 3.05) is 7.11 Å². The summed E-state index contributed by atoms with van der Waals surface area (Å²) in [5.74, 6) is 3.11. The first-order valence-corrected chi connectivity index (χ1v) is 17.5. The van der Waals surface area contributed by atoms with E-state index in [0.29, 0.717) is 18.8 Å². The molecule has 0 N–H and O–H groups in total. The molecule has 0 aromatic rings. The Bertz CT molecular complexity index is 1190. The highest BCUT2D eigenvalue weighted by atomic mass is 16.6. The van der Waals surface area contributed by atoms with Gasteiger partial charge >= 0.3 is 23.9 Å². The van der Waals surface area contributed by atoms with Gasteiger partial charge in [-0.1, -0.05) is 20.8 Å². The molecule has 1 saturated heterocycles. The summed E-state index contributed by atoms with van der Waals surface area (Å²) in [6.45, 7) is 14.0. The second-order valence-corrected chi connectivity index (χ2v) is 16.5. The summed E-state index contributed by atoms with van der Waals surface area (Å²) in [4.78, 5) is 49.2. The quantitative estimate of drug-likeness (QED) is 0.183. The molecule has 1 aliphatic heterocycles. The number of hydrogen-bond acceptors (Lipinski definition) is 8. The van der Waals surface area contributed by atoms with Crippen molar-refractivity contribution < 1.29 is 38.1 Å². The van der Waals surface area contributed by atoms with Crippen LogP contribution >= 0.6 is 0 Å². The first-order chi connectivity index (χ1) is 20.7. The lowest BCUT2D eigenvalue weighted by atomic mass is 9.65. The van der Waals surface area contributed by atoms with Crippen molar-refractivity contribution in [3.63, 3.8) is 0 Å². The molecule has 7 fully saturated rings. The zero-order chi connectivity index (χ0) is 31.9. The van der Waals surface area contributed by atoms with Crippen LogP contribution in [0.5, 0.6) is 0 Å². The lowest BCUT2D eigenvalue weighted by Gasteiger charge is -2.46. The predicted molar refractivity (Wildman–Crippen MR) is 162 cm³/mol. The molecule has 1 heterocycles. The van der Waals surface area contributed by atoms with Crippen LogP contribution in [0.3, 0.4) is 0 Å². The lowest BCUT2D eigenvalue weighted by Crippen LogP contribution is -2.49. The van der Waals surface area contributed by atoms with E-state index in [0.717, 1.165) is 48.9 Å². The van der Waals surface area contributed by atoms with Crippen molar-refractivity contribution in [2.45, 2.75) is 124 Å². The van der Waals surface area contributed by atoms with E-state index in [1.807, 2.05) is 34.6 Å². The second-order valence-electron chi connectivity index (χ2n) is 16.5. The van der Waals surface area contributed by atoms with E-state index in [4.69, 9.17) is 18.9 Å². The fraction of sp³-hybridized carbons (Fsp3) is 0.889. The molecule has 0 radical (unpaired) electrons. The molecule has 0 spiro atoms. The number of rotatable bonds is 8.